The molecule has 0 bridgehead atoms. The molecule has 0 saturated carbocycles. The Kier molecular flexibility index (Phi) is 6.55. The lowest BCUT2D eigenvalue weighted by molar-refractivity contribution is 0.117. The lowest BCUT2D eigenvalue weighted by atomic mass is 10.2. The molecule has 140 valence electrons. The van der Waals surface area contributed by atoms with Crippen LogP contribution in [0.1, 0.15) is 5.56 Å². The summed E-state index contributed by atoms with van der Waals surface area (Å²) in [6, 6.07) is 24.2. The van der Waals surface area contributed by atoms with E-state index in [-0.39, 0.29) is 18.9 Å². The predicted octanol–water partition coefficient (Wildman–Crippen LogP) is 3.82. The molecule has 27 heavy (non-hydrogen) atoms. The number of para-hydroxylation sites is 2. The molecule has 5 heteroatoms. The van der Waals surface area contributed by atoms with Gasteiger partial charge >= 0.3 is 0 Å². The zero-order valence-corrected chi connectivity index (χ0v) is 14.9. The summed E-state index contributed by atoms with van der Waals surface area (Å²) in [5.41, 5.74) is 1.69. The van der Waals surface area contributed by atoms with Gasteiger partial charge in [0.15, 0.2) is 0 Å². The molecule has 0 spiro atoms. The van der Waals surface area contributed by atoms with E-state index in [4.69, 9.17) is 9.47 Å². The van der Waals surface area contributed by atoms with Crippen LogP contribution in [0.3, 0.4) is 0 Å². The van der Waals surface area contributed by atoms with Crippen LogP contribution in [0, 0.1) is 0 Å². The van der Waals surface area contributed by atoms with Crippen LogP contribution in [-0.4, -0.2) is 29.5 Å². The normalized spacial score (nSPS) is 11.6. The molecule has 0 heterocycles. The lowest BCUT2D eigenvalue weighted by Crippen LogP contribution is -2.26. The first-order valence-electron chi connectivity index (χ1n) is 8.80. The first-order chi connectivity index (χ1) is 13.2. The van der Waals surface area contributed by atoms with Crippen LogP contribution in [0.4, 0.5) is 5.69 Å². The minimum absolute atomic E-state index is 0.144. The number of phenols is 1. The van der Waals surface area contributed by atoms with Crippen molar-refractivity contribution in [2.24, 2.45) is 0 Å². The zero-order chi connectivity index (χ0) is 18.9. The summed E-state index contributed by atoms with van der Waals surface area (Å²) in [7, 11) is 0. The number of hydrogen-bond acceptors (Lipinski definition) is 5. The minimum atomic E-state index is -0.710. The van der Waals surface area contributed by atoms with Crippen molar-refractivity contribution in [3.63, 3.8) is 0 Å². The molecule has 0 aliphatic heterocycles. The van der Waals surface area contributed by atoms with Crippen LogP contribution >= 0.6 is 0 Å². The molecule has 3 rings (SSSR count). The van der Waals surface area contributed by atoms with Gasteiger partial charge < -0.3 is 25.0 Å². The van der Waals surface area contributed by atoms with Gasteiger partial charge in [-0.15, -0.1) is 0 Å². The van der Waals surface area contributed by atoms with Gasteiger partial charge in [-0.3, -0.25) is 0 Å². The second kappa shape index (κ2) is 9.50. The average molecular weight is 365 g/mol. The third kappa shape index (κ3) is 5.94. The first kappa shape index (κ1) is 18.6. The van der Waals surface area contributed by atoms with Crippen LogP contribution in [0.15, 0.2) is 78.9 Å². The Balaban J connectivity index is 1.41. The molecule has 0 radical (unpaired) electrons. The number of nitrogens with one attached hydrogen (secondary N) is 1. The van der Waals surface area contributed by atoms with Gasteiger partial charge in [-0.1, -0.05) is 42.5 Å². The Labute approximate surface area is 158 Å². The van der Waals surface area contributed by atoms with Crippen LogP contribution < -0.4 is 14.8 Å². The van der Waals surface area contributed by atoms with E-state index in [1.165, 1.54) is 0 Å². The van der Waals surface area contributed by atoms with Crippen molar-refractivity contribution in [2.75, 3.05) is 18.5 Å². The number of anilines is 1. The van der Waals surface area contributed by atoms with Crippen LogP contribution in [0.2, 0.25) is 0 Å². The van der Waals surface area contributed by atoms with Gasteiger partial charge in [0.2, 0.25) is 0 Å². The topological polar surface area (TPSA) is 71.0 Å². The number of aliphatic hydroxyl groups is 1. The Bertz CT molecular complexity index is 821. The maximum atomic E-state index is 10.0. The van der Waals surface area contributed by atoms with E-state index in [2.05, 4.69) is 5.32 Å². The van der Waals surface area contributed by atoms with Gasteiger partial charge in [0.25, 0.3) is 0 Å². The highest BCUT2D eigenvalue weighted by atomic mass is 16.5. The van der Waals surface area contributed by atoms with E-state index < -0.39 is 6.10 Å². The molecule has 0 fully saturated rings. The number of ether oxygens (including phenoxy) is 2. The first-order valence-corrected chi connectivity index (χ1v) is 8.80. The smallest absolute Gasteiger partial charge is 0.138 e. The third-order valence-corrected chi connectivity index (χ3v) is 3.95. The molecule has 1 atom stereocenters. The summed E-state index contributed by atoms with van der Waals surface area (Å²) in [5, 5.41) is 22.7. The summed E-state index contributed by atoms with van der Waals surface area (Å²) in [4.78, 5) is 0. The van der Waals surface area contributed by atoms with Crippen molar-refractivity contribution < 1.29 is 19.7 Å². The molecular formula is C22H23NO4. The standard InChI is InChI=1S/C22H23NO4/c24-18(14-23-21-8-4-5-9-22(21)25)16-27-20-12-10-19(11-13-20)26-15-17-6-2-1-3-7-17/h1-13,18,23-25H,14-16H2. The van der Waals surface area contributed by atoms with E-state index in [0.717, 1.165) is 11.3 Å². The van der Waals surface area contributed by atoms with Gasteiger partial charge in [0.05, 0.1) is 5.69 Å². The fourth-order valence-electron chi connectivity index (χ4n) is 2.48. The lowest BCUT2D eigenvalue weighted by Gasteiger charge is -2.15. The molecule has 0 aliphatic carbocycles. The third-order valence-electron chi connectivity index (χ3n) is 3.95. The SMILES string of the molecule is Oc1ccccc1NCC(O)COc1ccc(OCc2ccccc2)cc1. The fourth-order valence-corrected chi connectivity index (χ4v) is 2.48. The van der Waals surface area contributed by atoms with E-state index in [9.17, 15) is 10.2 Å². The number of aliphatic hydroxyl groups excluding tert-OH is 1. The number of benzene rings is 3. The maximum absolute atomic E-state index is 10.0. The van der Waals surface area contributed by atoms with Gasteiger partial charge in [-0.25, -0.2) is 0 Å². The highest BCUT2D eigenvalue weighted by Gasteiger charge is 2.07. The molecule has 0 aliphatic rings. The van der Waals surface area contributed by atoms with E-state index >= 15 is 0 Å². The maximum Gasteiger partial charge on any atom is 0.138 e. The molecule has 5 nitrogen and oxygen atoms in total. The number of hydrogen-bond donors (Lipinski definition) is 3. The van der Waals surface area contributed by atoms with E-state index in [1.807, 2.05) is 60.7 Å². The summed E-state index contributed by atoms with van der Waals surface area (Å²) >= 11 is 0. The molecule has 3 aromatic carbocycles. The Hall–Kier alpha value is -3.18. The molecule has 1 unspecified atom stereocenters. The zero-order valence-electron chi connectivity index (χ0n) is 14.9. The summed E-state index contributed by atoms with van der Waals surface area (Å²) in [5.74, 6) is 1.56. The van der Waals surface area contributed by atoms with Crippen molar-refractivity contribution in [3.05, 3.63) is 84.4 Å². The van der Waals surface area contributed by atoms with Crippen molar-refractivity contribution in [1.29, 1.82) is 0 Å². The Morgan fingerprint density at radius 2 is 1.41 bits per heavy atom. The molecule has 0 amide bonds. The van der Waals surface area contributed by atoms with Crippen LogP contribution in [0.25, 0.3) is 0 Å². The average Bonchev–Trinajstić information content (AvgIpc) is 2.71. The number of phenolic OH excluding ortho intramolecular Hbond substituents is 1. The second-order valence-electron chi connectivity index (χ2n) is 6.11. The van der Waals surface area contributed by atoms with Crippen molar-refractivity contribution >= 4 is 5.69 Å². The fraction of sp³-hybridized carbons (Fsp3) is 0.182. The van der Waals surface area contributed by atoms with Crippen molar-refractivity contribution in [3.8, 4) is 17.2 Å². The predicted molar refractivity (Wildman–Crippen MR) is 105 cm³/mol. The van der Waals surface area contributed by atoms with Crippen LogP contribution in [-0.2, 0) is 6.61 Å². The molecule has 0 saturated heterocycles. The quantitative estimate of drug-likeness (QED) is 0.503. The Morgan fingerprint density at radius 1 is 0.778 bits per heavy atom. The summed E-state index contributed by atoms with van der Waals surface area (Å²) in [6.45, 7) is 0.929. The van der Waals surface area contributed by atoms with Gasteiger partial charge in [0, 0.05) is 6.54 Å². The second-order valence-corrected chi connectivity index (χ2v) is 6.11. The van der Waals surface area contributed by atoms with Crippen molar-refractivity contribution in [1.82, 2.24) is 0 Å². The van der Waals surface area contributed by atoms with Gasteiger partial charge in [0.1, 0.15) is 36.6 Å². The highest BCUT2D eigenvalue weighted by molar-refractivity contribution is 5.55. The highest BCUT2D eigenvalue weighted by Crippen LogP contribution is 2.21. The minimum Gasteiger partial charge on any atom is -0.506 e. The summed E-state index contributed by atoms with van der Waals surface area (Å²) < 4.78 is 11.3. The van der Waals surface area contributed by atoms with Gasteiger partial charge in [-0.05, 0) is 42.0 Å². The Morgan fingerprint density at radius 3 is 2.11 bits per heavy atom. The van der Waals surface area contributed by atoms with E-state index in [0.29, 0.717) is 18.0 Å². The molecule has 3 aromatic rings. The molecule has 0 aromatic heterocycles. The number of rotatable bonds is 9. The molecule has 3 N–H and O–H groups in total. The number of aromatic hydroxyl groups is 1. The monoisotopic (exact) mass is 365 g/mol. The van der Waals surface area contributed by atoms with Gasteiger partial charge in [-0.2, -0.15) is 0 Å². The van der Waals surface area contributed by atoms with Crippen molar-refractivity contribution in [2.45, 2.75) is 12.7 Å². The molecular weight excluding hydrogens is 342 g/mol. The van der Waals surface area contributed by atoms with E-state index in [1.54, 1.807) is 18.2 Å². The summed E-state index contributed by atoms with van der Waals surface area (Å²) in [6.07, 6.45) is -0.710. The largest absolute Gasteiger partial charge is 0.506 e. The van der Waals surface area contributed by atoms with Crippen LogP contribution in [0.5, 0.6) is 17.2 Å².